The van der Waals surface area contributed by atoms with Crippen molar-refractivity contribution in [2.75, 3.05) is 11.9 Å². The van der Waals surface area contributed by atoms with Crippen molar-refractivity contribution in [3.63, 3.8) is 0 Å². The average molecular weight is 264 g/mol. The number of non-ortho nitro benzene ring substituents is 1. The number of aromatic nitrogens is 2. The van der Waals surface area contributed by atoms with Gasteiger partial charge in [-0.3, -0.25) is 14.8 Å². The summed E-state index contributed by atoms with van der Waals surface area (Å²) in [6.07, 6.45) is 2.39. The first-order chi connectivity index (χ1) is 9.06. The molecule has 1 aromatic carbocycles. The van der Waals surface area contributed by atoms with Gasteiger partial charge in [-0.1, -0.05) is 0 Å². The summed E-state index contributed by atoms with van der Waals surface area (Å²) in [5, 5.41) is 17.6. The largest absolute Gasteiger partial charge is 0.384 e. The Bertz CT molecular complexity index is 597. The summed E-state index contributed by atoms with van der Waals surface area (Å²) in [5.41, 5.74) is 1.16. The fraction of sp³-hybridized carbons (Fsp3) is 0.250. The Balaban J connectivity index is 2.00. The molecule has 2 rings (SSSR count). The zero-order chi connectivity index (χ0) is 13.8. The molecular formula is C12H13FN4O2. The van der Waals surface area contributed by atoms with Gasteiger partial charge in [0.15, 0.2) is 0 Å². The highest BCUT2D eigenvalue weighted by Crippen LogP contribution is 2.19. The van der Waals surface area contributed by atoms with Crippen molar-refractivity contribution in [2.45, 2.75) is 6.42 Å². The molecule has 0 saturated carbocycles. The van der Waals surface area contributed by atoms with Gasteiger partial charge in [-0.05, 0) is 12.1 Å². The highest BCUT2D eigenvalue weighted by Gasteiger charge is 2.09. The second-order valence-corrected chi connectivity index (χ2v) is 4.08. The van der Waals surface area contributed by atoms with E-state index in [0.29, 0.717) is 18.7 Å². The smallest absolute Gasteiger partial charge is 0.274 e. The quantitative estimate of drug-likeness (QED) is 0.663. The summed E-state index contributed by atoms with van der Waals surface area (Å²) in [5.74, 6) is -0.628. The topological polar surface area (TPSA) is 73.0 Å². The van der Waals surface area contributed by atoms with E-state index in [-0.39, 0.29) is 5.69 Å². The molecule has 0 bridgehead atoms. The van der Waals surface area contributed by atoms with E-state index in [4.69, 9.17) is 0 Å². The molecule has 2 aromatic rings. The Labute approximate surface area is 109 Å². The Morgan fingerprint density at radius 3 is 2.89 bits per heavy atom. The van der Waals surface area contributed by atoms with E-state index in [9.17, 15) is 14.5 Å². The standard InChI is InChI=1S/C12H13FN4O2/c1-16-11(3-5-15-16)2-4-14-10-6-9(13)7-12(8-10)17(18)19/h3,5-8,14H,2,4H2,1H3. The highest BCUT2D eigenvalue weighted by atomic mass is 19.1. The molecule has 0 atom stereocenters. The van der Waals surface area contributed by atoms with Crippen LogP contribution >= 0.6 is 0 Å². The normalized spacial score (nSPS) is 10.4. The first-order valence-electron chi connectivity index (χ1n) is 5.72. The van der Waals surface area contributed by atoms with E-state index in [2.05, 4.69) is 10.4 Å². The van der Waals surface area contributed by atoms with Crippen LogP contribution in [0.3, 0.4) is 0 Å². The Hall–Kier alpha value is -2.44. The molecule has 19 heavy (non-hydrogen) atoms. The van der Waals surface area contributed by atoms with Crippen LogP contribution in [0, 0.1) is 15.9 Å². The van der Waals surface area contributed by atoms with Crippen molar-refractivity contribution >= 4 is 11.4 Å². The maximum Gasteiger partial charge on any atom is 0.274 e. The number of nitro benzene ring substituents is 1. The molecule has 0 fully saturated rings. The molecule has 0 spiro atoms. The minimum absolute atomic E-state index is 0.261. The van der Waals surface area contributed by atoms with Gasteiger partial charge in [0, 0.05) is 43.7 Å². The van der Waals surface area contributed by atoms with Gasteiger partial charge in [0.2, 0.25) is 0 Å². The van der Waals surface area contributed by atoms with Crippen LogP contribution in [-0.2, 0) is 13.5 Å². The molecule has 0 saturated heterocycles. The third-order valence-corrected chi connectivity index (χ3v) is 2.73. The van der Waals surface area contributed by atoms with Crippen molar-refractivity contribution in [1.29, 1.82) is 0 Å². The number of nitro groups is 1. The number of benzene rings is 1. The lowest BCUT2D eigenvalue weighted by Gasteiger charge is -2.06. The minimum atomic E-state index is -0.628. The number of halogens is 1. The van der Waals surface area contributed by atoms with Crippen molar-refractivity contribution in [3.05, 3.63) is 52.1 Å². The first kappa shape index (κ1) is 13.0. The molecule has 0 unspecified atom stereocenters. The second kappa shape index (κ2) is 5.47. The Morgan fingerprint density at radius 2 is 2.26 bits per heavy atom. The summed E-state index contributed by atoms with van der Waals surface area (Å²) in [7, 11) is 1.84. The number of nitrogens with one attached hydrogen (secondary N) is 1. The van der Waals surface area contributed by atoms with Crippen molar-refractivity contribution < 1.29 is 9.31 Å². The van der Waals surface area contributed by atoms with Crippen LogP contribution < -0.4 is 5.32 Å². The first-order valence-corrected chi connectivity index (χ1v) is 5.72. The summed E-state index contributed by atoms with van der Waals surface area (Å²) in [6, 6.07) is 5.32. The summed E-state index contributed by atoms with van der Waals surface area (Å²) < 4.78 is 14.9. The molecule has 0 aliphatic heterocycles. The summed E-state index contributed by atoms with van der Waals surface area (Å²) in [4.78, 5) is 9.99. The number of hydrogen-bond acceptors (Lipinski definition) is 4. The third kappa shape index (κ3) is 3.27. The third-order valence-electron chi connectivity index (χ3n) is 2.73. The highest BCUT2D eigenvalue weighted by molar-refractivity contribution is 5.51. The lowest BCUT2D eigenvalue weighted by Crippen LogP contribution is -2.08. The van der Waals surface area contributed by atoms with E-state index in [1.807, 2.05) is 13.1 Å². The number of rotatable bonds is 5. The molecule has 0 amide bonds. The predicted octanol–water partition coefficient (Wildman–Crippen LogP) is 2.12. The minimum Gasteiger partial charge on any atom is -0.384 e. The van der Waals surface area contributed by atoms with Gasteiger partial charge >= 0.3 is 0 Å². The molecule has 1 heterocycles. The van der Waals surface area contributed by atoms with Crippen LogP contribution in [0.5, 0.6) is 0 Å². The van der Waals surface area contributed by atoms with E-state index >= 15 is 0 Å². The number of hydrogen-bond donors (Lipinski definition) is 1. The SMILES string of the molecule is Cn1nccc1CCNc1cc(F)cc([N+](=O)[O-])c1. The van der Waals surface area contributed by atoms with E-state index < -0.39 is 10.7 Å². The molecule has 7 heteroatoms. The second-order valence-electron chi connectivity index (χ2n) is 4.08. The van der Waals surface area contributed by atoms with Gasteiger partial charge in [-0.15, -0.1) is 0 Å². The summed E-state index contributed by atoms with van der Waals surface area (Å²) in [6.45, 7) is 0.542. The van der Waals surface area contributed by atoms with Crippen molar-refractivity contribution in [3.8, 4) is 0 Å². The van der Waals surface area contributed by atoms with Crippen LogP contribution in [0.2, 0.25) is 0 Å². The molecule has 6 nitrogen and oxygen atoms in total. The maximum absolute atomic E-state index is 13.2. The zero-order valence-electron chi connectivity index (χ0n) is 10.3. The van der Waals surface area contributed by atoms with E-state index in [1.54, 1.807) is 10.9 Å². The average Bonchev–Trinajstić information content (AvgIpc) is 2.74. The van der Waals surface area contributed by atoms with Gasteiger partial charge in [-0.25, -0.2) is 4.39 Å². The number of aryl methyl sites for hydroxylation is 1. The van der Waals surface area contributed by atoms with Gasteiger partial charge in [0.05, 0.1) is 11.0 Å². The lowest BCUT2D eigenvalue weighted by molar-refractivity contribution is -0.385. The molecule has 0 radical (unpaired) electrons. The summed E-state index contributed by atoms with van der Waals surface area (Å²) >= 11 is 0. The van der Waals surface area contributed by atoms with Gasteiger partial charge in [0.25, 0.3) is 5.69 Å². The Morgan fingerprint density at radius 1 is 1.47 bits per heavy atom. The van der Waals surface area contributed by atoms with Crippen molar-refractivity contribution in [2.24, 2.45) is 7.05 Å². The van der Waals surface area contributed by atoms with Gasteiger partial charge < -0.3 is 5.32 Å². The predicted molar refractivity (Wildman–Crippen MR) is 68.5 cm³/mol. The maximum atomic E-state index is 13.2. The lowest BCUT2D eigenvalue weighted by atomic mass is 10.2. The van der Waals surface area contributed by atoms with Gasteiger partial charge in [0.1, 0.15) is 5.82 Å². The van der Waals surface area contributed by atoms with Crippen LogP contribution in [0.15, 0.2) is 30.5 Å². The fourth-order valence-electron chi connectivity index (χ4n) is 1.76. The van der Waals surface area contributed by atoms with Crippen LogP contribution in [0.1, 0.15) is 5.69 Å². The molecule has 1 N–H and O–H groups in total. The fourth-order valence-corrected chi connectivity index (χ4v) is 1.76. The molecule has 100 valence electrons. The van der Waals surface area contributed by atoms with E-state index in [0.717, 1.165) is 11.8 Å². The van der Waals surface area contributed by atoms with Crippen LogP contribution in [0.25, 0.3) is 0 Å². The molecule has 1 aromatic heterocycles. The molecule has 0 aliphatic rings. The van der Waals surface area contributed by atoms with Crippen LogP contribution in [-0.4, -0.2) is 21.2 Å². The molecular weight excluding hydrogens is 251 g/mol. The van der Waals surface area contributed by atoms with Crippen LogP contribution in [0.4, 0.5) is 15.8 Å². The number of anilines is 1. The molecule has 0 aliphatic carbocycles. The van der Waals surface area contributed by atoms with Gasteiger partial charge in [-0.2, -0.15) is 5.10 Å². The number of nitrogens with zero attached hydrogens (tertiary/aromatic N) is 3. The monoisotopic (exact) mass is 264 g/mol. The van der Waals surface area contributed by atoms with Crippen molar-refractivity contribution in [1.82, 2.24) is 9.78 Å². The van der Waals surface area contributed by atoms with E-state index in [1.165, 1.54) is 12.1 Å². The Kier molecular flexibility index (Phi) is 3.74. The zero-order valence-corrected chi connectivity index (χ0v) is 10.3.